The minimum atomic E-state index is -0.297. The van der Waals surface area contributed by atoms with E-state index in [1.54, 1.807) is 18.2 Å². The van der Waals surface area contributed by atoms with E-state index in [-0.39, 0.29) is 17.8 Å². The van der Waals surface area contributed by atoms with Crippen molar-refractivity contribution in [2.45, 2.75) is 45.6 Å². The second kappa shape index (κ2) is 7.58. The Morgan fingerprint density at radius 1 is 1.11 bits per heavy atom. The molecule has 28 heavy (non-hydrogen) atoms. The summed E-state index contributed by atoms with van der Waals surface area (Å²) in [5.41, 5.74) is 4.92. The zero-order valence-corrected chi connectivity index (χ0v) is 16.1. The van der Waals surface area contributed by atoms with Crippen molar-refractivity contribution in [3.63, 3.8) is 0 Å². The topological polar surface area (TPSA) is 77.7 Å². The minimum Gasteiger partial charge on any atom is -0.330 e. The molecular weight excluding hydrogens is 357 g/mol. The van der Waals surface area contributed by atoms with Crippen LogP contribution in [-0.2, 0) is 0 Å². The summed E-state index contributed by atoms with van der Waals surface area (Å²) in [6.45, 7) is 4.69. The molecule has 1 saturated heterocycles. The predicted octanol–water partition coefficient (Wildman–Crippen LogP) is 4.31. The fourth-order valence-corrected chi connectivity index (χ4v) is 4.06. The Bertz CT molecular complexity index is 956. The normalized spacial score (nSPS) is 17.5. The van der Waals surface area contributed by atoms with E-state index >= 15 is 0 Å². The third-order valence-corrected chi connectivity index (χ3v) is 5.48. The number of aryl methyl sites for hydroxylation is 2. The van der Waals surface area contributed by atoms with Crippen LogP contribution < -0.4 is 0 Å². The van der Waals surface area contributed by atoms with Gasteiger partial charge in [0, 0.05) is 23.4 Å². The van der Waals surface area contributed by atoms with Gasteiger partial charge in [-0.3, -0.25) is 15.0 Å². The van der Waals surface area contributed by atoms with Gasteiger partial charge in [-0.15, -0.1) is 0 Å². The van der Waals surface area contributed by atoms with Crippen molar-refractivity contribution in [3.8, 4) is 11.3 Å². The molecular formula is C21H24FN5O. The second-order valence-corrected chi connectivity index (χ2v) is 7.39. The predicted molar refractivity (Wildman–Crippen MR) is 104 cm³/mol. The van der Waals surface area contributed by atoms with Crippen molar-refractivity contribution < 1.29 is 9.18 Å². The van der Waals surface area contributed by atoms with Crippen LogP contribution in [0.1, 0.15) is 59.2 Å². The lowest BCUT2D eigenvalue weighted by Crippen LogP contribution is -2.35. The highest BCUT2D eigenvalue weighted by Gasteiger charge is 2.31. The van der Waals surface area contributed by atoms with Gasteiger partial charge in [0.1, 0.15) is 11.5 Å². The molecule has 1 fully saturated rings. The molecule has 1 unspecified atom stereocenters. The van der Waals surface area contributed by atoms with Gasteiger partial charge in [0.25, 0.3) is 5.91 Å². The van der Waals surface area contributed by atoms with Crippen molar-refractivity contribution in [2.24, 2.45) is 0 Å². The van der Waals surface area contributed by atoms with Gasteiger partial charge >= 0.3 is 0 Å². The smallest absolute Gasteiger partial charge is 0.272 e. The number of rotatable bonds is 3. The van der Waals surface area contributed by atoms with E-state index in [4.69, 9.17) is 0 Å². The van der Waals surface area contributed by atoms with Gasteiger partial charge < -0.3 is 4.90 Å². The zero-order valence-electron chi connectivity index (χ0n) is 16.1. The van der Waals surface area contributed by atoms with E-state index < -0.39 is 0 Å². The summed E-state index contributed by atoms with van der Waals surface area (Å²) in [5.74, 6) is -0.360. The number of nitrogens with zero attached hydrogens (tertiary/aromatic N) is 3. The Morgan fingerprint density at radius 2 is 1.89 bits per heavy atom. The maximum atomic E-state index is 13.3. The fourth-order valence-electron chi connectivity index (χ4n) is 4.06. The standard InChI is InChI=1S/C21H24FN5O/c1-13-20(14(2)24-23-13)19-6-4-3-5-11-27(19)21(28)18-12-17(25-26-18)15-7-9-16(22)10-8-15/h7-10,12,19H,3-6,11H2,1-2H3,(H,23,24)(H,25,26). The van der Waals surface area contributed by atoms with Gasteiger partial charge in [-0.2, -0.15) is 10.2 Å². The number of carbonyl (C=O) groups excluding carboxylic acids is 1. The van der Waals surface area contributed by atoms with Crippen LogP contribution in [0.4, 0.5) is 4.39 Å². The lowest BCUT2D eigenvalue weighted by atomic mass is 9.98. The molecule has 2 N–H and O–H groups in total. The molecule has 0 spiro atoms. The van der Waals surface area contributed by atoms with Crippen molar-refractivity contribution >= 4 is 5.91 Å². The van der Waals surface area contributed by atoms with Crippen LogP contribution in [0, 0.1) is 19.7 Å². The average molecular weight is 381 g/mol. The lowest BCUT2D eigenvalue weighted by Gasteiger charge is -2.30. The number of benzene rings is 1. The largest absolute Gasteiger partial charge is 0.330 e. The fraction of sp³-hybridized carbons (Fsp3) is 0.381. The number of likely N-dealkylation sites (tertiary alicyclic amines) is 1. The van der Waals surface area contributed by atoms with E-state index in [9.17, 15) is 9.18 Å². The molecule has 6 nitrogen and oxygen atoms in total. The van der Waals surface area contributed by atoms with Gasteiger partial charge in [-0.1, -0.05) is 12.8 Å². The number of aromatic nitrogens is 4. The van der Waals surface area contributed by atoms with Crippen molar-refractivity contribution in [2.75, 3.05) is 6.54 Å². The maximum absolute atomic E-state index is 13.3. The molecule has 0 saturated carbocycles. The van der Waals surface area contributed by atoms with Gasteiger partial charge in [0.2, 0.25) is 0 Å². The Morgan fingerprint density at radius 3 is 2.61 bits per heavy atom. The molecule has 1 aromatic carbocycles. The number of carbonyl (C=O) groups is 1. The number of H-pyrrole nitrogens is 2. The Balaban J connectivity index is 1.64. The van der Waals surface area contributed by atoms with Crippen molar-refractivity contribution in [1.82, 2.24) is 25.3 Å². The highest BCUT2D eigenvalue weighted by molar-refractivity contribution is 5.93. The summed E-state index contributed by atoms with van der Waals surface area (Å²) < 4.78 is 13.2. The van der Waals surface area contributed by atoms with Crippen LogP contribution in [-0.4, -0.2) is 37.7 Å². The number of aromatic amines is 2. The summed E-state index contributed by atoms with van der Waals surface area (Å²) in [6.07, 6.45) is 4.10. The zero-order chi connectivity index (χ0) is 19.7. The second-order valence-electron chi connectivity index (χ2n) is 7.39. The SMILES string of the molecule is Cc1n[nH]c(C)c1C1CCCCCN1C(=O)c1cc(-c2ccc(F)cc2)n[nH]1. The number of hydrogen-bond donors (Lipinski definition) is 2. The minimum absolute atomic E-state index is 0.00585. The Kier molecular flexibility index (Phi) is 4.98. The van der Waals surface area contributed by atoms with Crippen LogP contribution in [0.5, 0.6) is 0 Å². The molecule has 146 valence electrons. The number of halogens is 1. The van der Waals surface area contributed by atoms with E-state index in [0.29, 0.717) is 17.9 Å². The Labute approximate surface area is 163 Å². The maximum Gasteiger partial charge on any atom is 0.272 e. The third-order valence-electron chi connectivity index (χ3n) is 5.48. The Hall–Kier alpha value is -2.96. The first-order valence-electron chi connectivity index (χ1n) is 9.68. The summed E-state index contributed by atoms with van der Waals surface area (Å²) >= 11 is 0. The van der Waals surface area contributed by atoms with Crippen LogP contribution >= 0.6 is 0 Å². The molecule has 2 aromatic heterocycles. The molecule has 0 bridgehead atoms. The lowest BCUT2D eigenvalue weighted by molar-refractivity contribution is 0.0674. The van der Waals surface area contributed by atoms with Crippen molar-refractivity contribution in [3.05, 3.63) is 58.8 Å². The molecule has 0 radical (unpaired) electrons. The first kappa shape index (κ1) is 18.4. The highest BCUT2D eigenvalue weighted by atomic mass is 19.1. The number of amides is 1. The van der Waals surface area contributed by atoms with Crippen LogP contribution in [0.25, 0.3) is 11.3 Å². The van der Waals surface area contributed by atoms with Gasteiger partial charge in [-0.05, 0) is 57.0 Å². The summed E-state index contributed by atoms with van der Waals surface area (Å²) in [4.78, 5) is 15.3. The van der Waals surface area contributed by atoms with E-state index in [1.807, 2.05) is 18.7 Å². The highest BCUT2D eigenvalue weighted by Crippen LogP contribution is 2.34. The molecule has 1 aliphatic rings. The van der Waals surface area contributed by atoms with E-state index in [1.165, 1.54) is 12.1 Å². The molecule has 7 heteroatoms. The van der Waals surface area contributed by atoms with Gasteiger partial charge in [0.05, 0.1) is 17.4 Å². The summed E-state index contributed by atoms with van der Waals surface area (Å²) in [6, 6.07) is 7.85. The number of hydrogen-bond acceptors (Lipinski definition) is 3. The molecule has 1 aliphatic heterocycles. The first-order chi connectivity index (χ1) is 13.5. The van der Waals surface area contributed by atoms with Crippen LogP contribution in [0.3, 0.4) is 0 Å². The summed E-state index contributed by atoms with van der Waals surface area (Å²) in [7, 11) is 0. The quantitative estimate of drug-likeness (QED) is 0.709. The summed E-state index contributed by atoms with van der Waals surface area (Å²) in [5, 5.41) is 14.5. The van der Waals surface area contributed by atoms with Gasteiger partial charge in [0.15, 0.2) is 0 Å². The molecule has 0 aliphatic carbocycles. The molecule has 1 atom stereocenters. The third kappa shape index (κ3) is 3.44. The van der Waals surface area contributed by atoms with E-state index in [2.05, 4.69) is 20.4 Å². The monoisotopic (exact) mass is 381 g/mol. The number of nitrogens with one attached hydrogen (secondary N) is 2. The average Bonchev–Trinajstić information content (AvgIpc) is 3.22. The van der Waals surface area contributed by atoms with Crippen molar-refractivity contribution in [1.29, 1.82) is 0 Å². The van der Waals surface area contributed by atoms with Crippen LogP contribution in [0.2, 0.25) is 0 Å². The molecule has 4 rings (SSSR count). The van der Waals surface area contributed by atoms with E-state index in [0.717, 1.165) is 48.2 Å². The molecule has 3 aromatic rings. The van der Waals surface area contributed by atoms with Crippen LogP contribution in [0.15, 0.2) is 30.3 Å². The van der Waals surface area contributed by atoms with Gasteiger partial charge in [-0.25, -0.2) is 4.39 Å². The molecule has 3 heterocycles. The first-order valence-corrected chi connectivity index (χ1v) is 9.68. The molecule has 1 amide bonds.